The van der Waals surface area contributed by atoms with E-state index in [1.54, 1.807) is 32.2 Å². The van der Waals surface area contributed by atoms with E-state index in [9.17, 15) is 5.11 Å². The van der Waals surface area contributed by atoms with Crippen LogP contribution in [0.2, 0.25) is 10.0 Å². The van der Waals surface area contributed by atoms with Crippen molar-refractivity contribution in [2.75, 3.05) is 26.8 Å². The molecule has 102 valence electrons. The molecule has 1 aromatic carbocycles. The molecule has 0 saturated carbocycles. The summed E-state index contributed by atoms with van der Waals surface area (Å²) in [6.07, 6.45) is 0.408. The van der Waals surface area contributed by atoms with Gasteiger partial charge in [-0.3, -0.25) is 0 Å². The van der Waals surface area contributed by atoms with Crippen molar-refractivity contribution in [2.24, 2.45) is 0 Å². The number of hydrogen-bond donors (Lipinski definition) is 2. The molecule has 2 N–H and O–H groups in total. The summed E-state index contributed by atoms with van der Waals surface area (Å²) in [5, 5.41) is 14.6. The SMILES string of the molecule is COCCNCC(C)(O)Cc1c(Cl)cccc1Cl. The average molecular weight is 292 g/mol. The fourth-order valence-corrected chi connectivity index (χ4v) is 2.21. The van der Waals surface area contributed by atoms with Crippen molar-refractivity contribution >= 4 is 23.2 Å². The molecular weight excluding hydrogens is 273 g/mol. The largest absolute Gasteiger partial charge is 0.389 e. The lowest BCUT2D eigenvalue weighted by Crippen LogP contribution is -2.40. The molecule has 0 aliphatic rings. The van der Waals surface area contributed by atoms with Crippen molar-refractivity contribution in [1.82, 2.24) is 5.32 Å². The van der Waals surface area contributed by atoms with E-state index in [1.165, 1.54) is 0 Å². The van der Waals surface area contributed by atoms with Crippen LogP contribution in [0.4, 0.5) is 0 Å². The van der Waals surface area contributed by atoms with Crippen molar-refractivity contribution in [2.45, 2.75) is 18.9 Å². The van der Waals surface area contributed by atoms with Crippen LogP contribution in [-0.4, -0.2) is 37.5 Å². The summed E-state index contributed by atoms with van der Waals surface area (Å²) in [5.74, 6) is 0. The molecule has 3 nitrogen and oxygen atoms in total. The zero-order chi connectivity index (χ0) is 13.6. The minimum atomic E-state index is -0.900. The Morgan fingerprint density at radius 3 is 2.50 bits per heavy atom. The summed E-state index contributed by atoms with van der Waals surface area (Å²) >= 11 is 12.2. The molecule has 0 radical (unpaired) electrons. The summed E-state index contributed by atoms with van der Waals surface area (Å²) in [6.45, 7) is 3.52. The summed E-state index contributed by atoms with van der Waals surface area (Å²) in [5.41, 5.74) is -0.123. The maximum atomic E-state index is 10.3. The molecule has 0 bridgehead atoms. The molecule has 1 unspecified atom stereocenters. The predicted molar refractivity (Wildman–Crippen MR) is 75.5 cm³/mol. The number of ether oxygens (including phenoxy) is 1. The highest BCUT2D eigenvalue weighted by Crippen LogP contribution is 2.27. The molecule has 0 spiro atoms. The van der Waals surface area contributed by atoms with Crippen LogP contribution in [0, 0.1) is 0 Å². The third-order valence-corrected chi connectivity index (χ3v) is 3.32. The van der Waals surface area contributed by atoms with Gasteiger partial charge in [-0.05, 0) is 24.6 Å². The first-order valence-corrected chi connectivity index (χ1v) is 6.57. The second-order valence-electron chi connectivity index (χ2n) is 4.54. The number of methoxy groups -OCH3 is 1. The number of aliphatic hydroxyl groups is 1. The van der Waals surface area contributed by atoms with E-state index in [2.05, 4.69) is 5.32 Å². The van der Waals surface area contributed by atoms with Gasteiger partial charge < -0.3 is 15.2 Å². The van der Waals surface area contributed by atoms with Crippen molar-refractivity contribution < 1.29 is 9.84 Å². The third kappa shape index (κ3) is 5.12. The number of rotatable bonds is 7. The minimum Gasteiger partial charge on any atom is -0.389 e. The van der Waals surface area contributed by atoms with Gasteiger partial charge in [0.25, 0.3) is 0 Å². The summed E-state index contributed by atoms with van der Waals surface area (Å²) in [7, 11) is 1.64. The lowest BCUT2D eigenvalue weighted by atomic mass is 9.96. The molecule has 0 aromatic heterocycles. The molecule has 0 fully saturated rings. The topological polar surface area (TPSA) is 41.5 Å². The van der Waals surface area contributed by atoms with Gasteiger partial charge in [-0.2, -0.15) is 0 Å². The van der Waals surface area contributed by atoms with Crippen LogP contribution in [0.1, 0.15) is 12.5 Å². The lowest BCUT2D eigenvalue weighted by Gasteiger charge is -2.25. The zero-order valence-corrected chi connectivity index (χ0v) is 12.2. The van der Waals surface area contributed by atoms with Gasteiger partial charge in [0.2, 0.25) is 0 Å². The molecule has 0 aliphatic heterocycles. The quantitative estimate of drug-likeness (QED) is 0.759. The Kier molecular flexibility index (Phi) is 6.39. The maximum Gasteiger partial charge on any atom is 0.0784 e. The Hall–Kier alpha value is -0.320. The first kappa shape index (κ1) is 15.7. The predicted octanol–water partition coefficient (Wildman–Crippen LogP) is 2.52. The maximum absolute atomic E-state index is 10.3. The molecule has 1 aromatic rings. The lowest BCUT2D eigenvalue weighted by molar-refractivity contribution is 0.0582. The van der Waals surface area contributed by atoms with Crippen LogP contribution in [0.3, 0.4) is 0 Å². The van der Waals surface area contributed by atoms with Gasteiger partial charge in [-0.1, -0.05) is 29.3 Å². The Bertz CT molecular complexity index is 363. The highest BCUT2D eigenvalue weighted by Gasteiger charge is 2.23. The van der Waals surface area contributed by atoms with Gasteiger partial charge in [0.15, 0.2) is 0 Å². The molecule has 0 amide bonds. The number of benzene rings is 1. The van der Waals surface area contributed by atoms with E-state index in [-0.39, 0.29) is 0 Å². The van der Waals surface area contributed by atoms with Crippen molar-refractivity contribution in [1.29, 1.82) is 0 Å². The first-order chi connectivity index (χ1) is 8.46. The molecule has 0 heterocycles. The summed E-state index contributed by atoms with van der Waals surface area (Å²) in [6, 6.07) is 5.34. The Morgan fingerprint density at radius 1 is 1.33 bits per heavy atom. The van der Waals surface area contributed by atoms with E-state index >= 15 is 0 Å². The smallest absolute Gasteiger partial charge is 0.0784 e. The van der Waals surface area contributed by atoms with Crippen LogP contribution in [-0.2, 0) is 11.2 Å². The summed E-state index contributed by atoms with van der Waals surface area (Å²) in [4.78, 5) is 0. The Balaban J connectivity index is 2.59. The van der Waals surface area contributed by atoms with Gasteiger partial charge >= 0.3 is 0 Å². The number of nitrogens with one attached hydrogen (secondary N) is 1. The fourth-order valence-electron chi connectivity index (χ4n) is 1.68. The number of halogens is 2. The van der Waals surface area contributed by atoms with Crippen LogP contribution < -0.4 is 5.32 Å². The second-order valence-corrected chi connectivity index (χ2v) is 5.36. The van der Waals surface area contributed by atoms with Crippen molar-refractivity contribution in [3.05, 3.63) is 33.8 Å². The van der Waals surface area contributed by atoms with Crippen LogP contribution in [0.25, 0.3) is 0 Å². The van der Waals surface area contributed by atoms with Gasteiger partial charge in [0.05, 0.1) is 12.2 Å². The van der Waals surface area contributed by atoms with Crippen LogP contribution >= 0.6 is 23.2 Å². The van der Waals surface area contributed by atoms with Crippen LogP contribution in [0.5, 0.6) is 0 Å². The highest BCUT2D eigenvalue weighted by atomic mass is 35.5. The average Bonchev–Trinajstić information content (AvgIpc) is 2.30. The van der Waals surface area contributed by atoms with E-state index < -0.39 is 5.60 Å². The molecule has 1 rings (SSSR count). The van der Waals surface area contributed by atoms with E-state index in [0.29, 0.717) is 36.2 Å². The van der Waals surface area contributed by atoms with E-state index in [1.807, 2.05) is 0 Å². The molecule has 18 heavy (non-hydrogen) atoms. The summed E-state index contributed by atoms with van der Waals surface area (Å²) < 4.78 is 4.93. The molecule has 0 saturated heterocycles. The van der Waals surface area contributed by atoms with E-state index in [0.717, 1.165) is 5.56 Å². The monoisotopic (exact) mass is 291 g/mol. The molecule has 1 atom stereocenters. The van der Waals surface area contributed by atoms with Gasteiger partial charge in [-0.25, -0.2) is 0 Å². The Labute approximate surface area is 118 Å². The van der Waals surface area contributed by atoms with Crippen molar-refractivity contribution in [3.63, 3.8) is 0 Å². The fraction of sp³-hybridized carbons (Fsp3) is 0.538. The minimum absolute atomic E-state index is 0.408. The standard InChI is InChI=1S/C13H19Cl2NO2/c1-13(17,9-16-6-7-18-2)8-10-11(14)4-3-5-12(10)15/h3-5,16-17H,6-9H2,1-2H3. The Morgan fingerprint density at radius 2 is 1.94 bits per heavy atom. The second kappa shape index (κ2) is 7.31. The van der Waals surface area contributed by atoms with Crippen LogP contribution in [0.15, 0.2) is 18.2 Å². The molecule has 5 heteroatoms. The number of hydrogen-bond acceptors (Lipinski definition) is 3. The first-order valence-electron chi connectivity index (χ1n) is 5.81. The zero-order valence-electron chi connectivity index (χ0n) is 10.7. The highest BCUT2D eigenvalue weighted by molar-refractivity contribution is 6.36. The molecule has 0 aliphatic carbocycles. The van der Waals surface area contributed by atoms with E-state index in [4.69, 9.17) is 27.9 Å². The normalized spacial score (nSPS) is 14.5. The van der Waals surface area contributed by atoms with Crippen molar-refractivity contribution in [3.8, 4) is 0 Å². The van der Waals surface area contributed by atoms with Gasteiger partial charge in [-0.15, -0.1) is 0 Å². The molecular formula is C13H19Cl2NO2. The third-order valence-electron chi connectivity index (χ3n) is 2.61. The van der Waals surface area contributed by atoms with Gasteiger partial charge in [0, 0.05) is 36.7 Å². The van der Waals surface area contributed by atoms with Gasteiger partial charge in [0.1, 0.15) is 0 Å².